The lowest BCUT2D eigenvalue weighted by atomic mass is 9.89. The molecule has 1 aromatic heterocycles. The van der Waals surface area contributed by atoms with E-state index in [-0.39, 0.29) is 18.1 Å². The van der Waals surface area contributed by atoms with Gasteiger partial charge in [0.15, 0.2) is 0 Å². The maximum Gasteiger partial charge on any atom is 0.248 e. The van der Waals surface area contributed by atoms with E-state index in [4.69, 9.17) is 4.74 Å². The lowest BCUT2D eigenvalue weighted by molar-refractivity contribution is -0.170. The molecule has 2 aliphatic heterocycles. The van der Waals surface area contributed by atoms with Gasteiger partial charge >= 0.3 is 0 Å². The smallest absolute Gasteiger partial charge is 0.248 e. The highest BCUT2D eigenvalue weighted by Crippen LogP contribution is 2.30. The number of nitrogens with zero attached hydrogens (tertiary/aromatic N) is 3. The second-order valence-electron chi connectivity index (χ2n) is 6.13. The molecule has 0 atom stereocenters. The van der Waals surface area contributed by atoms with Crippen LogP contribution in [0.1, 0.15) is 18.5 Å². The third-order valence-corrected chi connectivity index (χ3v) is 4.56. The van der Waals surface area contributed by atoms with Gasteiger partial charge in [-0.05, 0) is 25.0 Å². The summed E-state index contributed by atoms with van der Waals surface area (Å²) in [6.45, 7) is 8.08. The number of likely N-dealkylation sites (tertiary alicyclic amines) is 1. The Morgan fingerprint density at radius 2 is 2.18 bits per heavy atom. The summed E-state index contributed by atoms with van der Waals surface area (Å²) in [5.74, 6) is 0.0708. The number of hydrogen-bond acceptors (Lipinski definition) is 4. The molecule has 2 saturated heterocycles. The van der Waals surface area contributed by atoms with Crippen molar-refractivity contribution in [1.82, 2.24) is 14.8 Å². The third kappa shape index (κ3) is 3.36. The molecule has 1 amide bonds. The van der Waals surface area contributed by atoms with Crippen LogP contribution in [0.15, 0.2) is 37.1 Å². The number of pyridine rings is 1. The van der Waals surface area contributed by atoms with E-state index >= 15 is 0 Å². The number of ether oxygens (including phenoxy) is 1. The van der Waals surface area contributed by atoms with Crippen molar-refractivity contribution in [3.63, 3.8) is 0 Å². The Bertz CT molecular complexity index is 524. The van der Waals surface area contributed by atoms with Crippen LogP contribution in [0.4, 0.5) is 0 Å². The predicted molar refractivity (Wildman–Crippen MR) is 84.2 cm³/mol. The molecule has 0 N–H and O–H groups in total. The molecule has 1 spiro atoms. The maximum atomic E-state index is 11.9. The van der Waals surface area contributed by atoms with Crippen molar-refractivity contribution in [3.05, 3.63) is 42.7 Å². The van der Waals surface area contributed by atoms with E-state index in [0.717, 1.165) is 38.2 Å². The third-order valence-electron chi connectivity index (χ3n) is 4.56. The van der Waals surface area contributed by atoms with Crippen LogP contribution in [0, 0.1) is 0 Å². The predicted octanol–water partition coefficient (Wildman–Crippen LogP) is 1.46. The average Bonchev–Trinajstić information content (AvgIpc) is 2.55. The van der Waals surface area contributed by atoms with Crippen molar-refractivity contribution in [3.8, 4) is 0 Å². The normalized spacial score (nSPS) is 22.0. The average molecular weight is 301 g/mol. The van der Waals surface area contributed by atoms with Crippen molar-refractivity contribution >= 4 is 5.91 Å². The van der Waals surface area contributed by atoms with Crippen LogP contribution in [0.2, 0.25) is 0 Å². The van der Waals surface area contributed by atoms with Gasteiger partial charge in [0.25, 0.3) is 0 Å². The van der Waals surface area contributed by atoms with Gasteiger partial charge in [0.2, 0.25) is 5.91 Å². The number of rotatable bonds is 4. The van der Waals surface area contributed by atoms with Crippen molar-refractivity contribution in [2.45, 2.75) is 25.0 Å². The minimum atomic E-state index is -0.169. The number of carbonyl (C=O) groups is 1. The van der Waals surface area contributed by atoms with E-state index < -0.39 is 0 Å². The SMILES string of the molecule is C=CCN1CC2(CCN(Cc3ccccn3)CC2)OCC1=O. The van der Waals surface area contributed by atoms with Crippen LogP contribution < -0.4 is 0 Å². The van der Waals surface area contributed by atoms with Crippen LogP contribution >= 0.6 is 0 Å². The fraction of sp³-hybridized carbons (Fsp3) is 0.529. The molecule has 0 radical (unpaired) electrons. The molecule has 3 rings (SSSR count). The molecule has 0 unspecified atom stereocenters. The van der Waals surface area contributed by atoms with Crippen LogP contribution in [0.3, 0.4) is 0 Å². The Labute approximate surface area is 131 Å². The van der Waals surface area contributed by atoms with Crippen molar-refractivity contribution < 1.29 is 9.53 Å². The van der Waals surface area contributed by atoms with Crippen LogP contribution in [-0.4, -0.2) is 59.1 Å². The fourth-order valence-electron chi connectivity index (χ4n) is 3.25. The number of piperidine rings is 1. The Hall–Kier alpha value is -1.72. The second-order valence-corrected chi connectivity index (χ2v) is 6.13. The molecule has 0 saturated carbocycles. The Morgan fingerprint density at radius 1 is 1.36 bits per heavy atom. The Morgan fingerprint density at radius 3 is 2.86 bits per heavy atom. The van der Waals surface area contributed by atoms with E-state index in [1.807, 2.05) is 23.2 Å². The van der Waals surface area contributed by atoms with Crippen LogP contribution in [0.25, 0.3) is 0 Å². The summed E-state index contributed by atoms with van der Waals surface area (Å²) >= 11 is 0. The van der Waals surface area contributed by atoms with Crippen molar-refractivity contribution in [2.75, 3.05) is 32.8 Å². The molecule has 22 heavy (non-hydrogen) atoms. The van der Waals surface area contributed by atoms with Crippen molar-refractivity contribution in [2.24, 2.45) is 0 Å². The molecule has 5 nitrogen and oxygen atoms in total. The largest absolute Gasteiger partial charge is 0.363 e. The highest BCUT2D eigenvalue weighted by molar-refractivity contribution is 5.78. The van der Waals surface area contributed by atoms with E-state index in [9.17, 15) is 4.79 Å². The van der Waals surface area contributed by atoms with Gasteiger partial charge in [0, 0.05) is 32.4 Å². The summed E-state index contributed by atoms with van der Waals surface area (Å²) in [7, 11) is 0. The van der Waals surface area contributed by atoms with E-state index in [1.165, 1.54) is 0 Å². The topological polar surface area (TPSA) is 45.7 Å². The van der Waals surface area contributed by atoms with Gasteiger partial charge in [-0.15, -0.1) is 6.58 Å². The second kappa shape index (κ2) is 6.58. The van der Waals surface area contributed by atoms with E-state index in [2.05, 4.69) is 22.5 Å². The number of hydrogen-bond donors (Lipinski definition) is 0. The Balaban J connectivity index is 1.56. The van der Waals surface area contributed by atoms with Gasteiger partial charge in [-0.1, -0.05) is 12.1 Å². The Kier molecular flexibility index (Phi) is 4.55. The van der Waals surface area contributed by atoms with Gasteiger partial charge in [-0.2, -0.15) is 0 Å². The van der Waals surface area contributed by atoms with Crippen LogP contribution in [0.5, 0.6) is 0 Å². The molecule has 1 aromatic rings. The highest BCUT2D eigenvalue weighted by Gasteiger charge is 2.41. The molecule has 2 fully saturated rings. The van der Waals surface area contributed by atoms with Crippen molar-refractivity contribution in [1.29, 1.82) is 0 Å². The molecule has 0 aliphatic carbocycles. The number of carbonyl (C=O) groups excluding carboxylic acids is 1. The first-order valence-corrected chi connectivity index (χ1v) is 7.86. The zero-order valence-electron chi connectivity index (χ0n) is 12.9. The quantitative estimate of drug-likeness (QED) is 0.790. The van der Waals surface area contributed by atoms with Gasteiger partial charge in [0.1, 0.15) is 6.61 Å². The highest BCUT2D eigenvalue weighted by atomic mass is 16.5. The van der Waals surface area contributed by atoms with Crippen LogP contribution in [-0.2, 0) is 16.1 Å². The zero-order chi connectivity index (χ0) is 15.4. The van der Waals surface area contributed by atoms with E-state index in [0.29, 0.717) is 13.1 Å². The molecule has 118 valence electrons. The monoisotopic (exact) mass is 301 g/mol. The summed E-state index contributed by atoms with van der Waals surface area (Å²) in [4.78, 5) is 20.5. The standard InChI is InChI=1S/C17H23N3O2/c1-2-9-20-14-17(22-13-16(20)21)6-10-19(11-7-17)12-15-5-3-4-8-18-15/h2-5,8H,1,6-7,9-14H2. The number of morpholine rings is 1. The lowest BCUT2D eigenvalue weighted by Gasteiger charge is -2.46. The molecule has 0 aromatic carbocycles. The summed E-state index contributed by atoms with van der Waals surface area (Å²) in [6, 6.07) is 6.03. The number of aromatic nitrogens is 1. The minimum Gasteiger partial charge on any atom is -0.363 e. The summed E-state index contributed by atoms with van der Waals surface area (Å²) < 4.78 is 5.93. The molecular formula is C17H23N3O2. The molecule has 0 bridgehead atoms. The summed E-state index contributed by atoms with van der Waals surface area (Å²) in [5.41, 5.74) is 0.934. The number of amides is 1. The lowest BCUT2D eigenvalue weighted by Crippen LogP contribution is -2.58. The maximum absolute atomic E-state index is 11.9. The minimum absolute atomic E-state index is 0.0708. The van der Waals surface area contributed by atoms with Gasteiger partial charge < -0.3 is 9.64 Å². The molecule has 3 heterocycles. The molecule has 5 heteroatoms. The summed E-state index contributed by atoms with van der Waals surface area (Å²) in [5, 5.41) is 0. The summed E-state index contributed by atoms with van der Waals surface area (Å²) in [6.07, 6.45) is 5.54. The van der Waals surface area contributed by atoms with Gasteiger partial charge in [-0.25, -0.2) is 0 Å². The first kappa shape index (κ1) is 15.2. The van der Waals surface area contributed by atoms with Gasteiger partial charge in [-0.3, -0.25) is 14.7 Å². The van der Waals surface area contributed by atoms with Gasteiger partial charge in [0.05, 0.1) is 17.8 Å². The first-order chi connectivity index (χ1) is 10.7. The molecule has 2 aliphatic rings. The first-order valence-electron chi connectivity index (χ1n) is 7.86. The zero-order valence-corrected chi connectivity index (χ0v) is 12.9. The fourth-order valence-corrected chi connectivity index (χ4v) is 3.25. The molecular weight excluding hydrogens is 278 g/mol. The van der Waals surface area contributed by atoms with E-state index in [1.54, 1.807) is 6.08 Å².